The zero-order chi connectivity index (χ0) is 18.4. The lowest BCUT2D eigenvalue weighted by Crippen LogP contribution is -2.48. The van der Waals surface area contributed by atoms with Gasteiger partial charge in [0.15, 0.2) is 0 Å². The van der Waals surface area contributed by atoms with Gasteiger partial charge < -0.3 is 9.30 Å². The topological polar surface area (TPSA) is 47.4 Å². The lowest BCUT2D eigenvalue weighted by Gasteiger charge is -2.41. The third kappa shape index (κ3) is 4.33. The summed E-state index contributed by atoms with van der Waals surface area (Å²) in [5, 5.41) is 0. The first-order valence-corrected chi connectivity index (χ1v) is 9.53. The number of ether oxygens (including phenoxy) is 1. The number of rotatable bonds is 7. The molecule has 0 N–H and O–H groups in total. The number of hydrogen-bond acceptors (Lipinski definition) is 4. The van der Waals surface area contributed by atoms with Crippen LogP contribution in [-0.2, 0) is 29.5 Å². The Kier molecular flexibility index (Phi) is 6.09. The number of aromatic nitrogens is 2. The normalized spacial score (nSPS) is 20.8. The van der Waals surface area contributed by atoms with E-state index in [9.17, 15) is 4.79 Å². The van der Waals surface area contributed by atoms with Crippen molar-refractivity contribution in [1.82, 2.24) is 14.5 Å². The van der Waals surface area contributed by atoms with Gasteiger partial charge in [-0.1, -0.05) is 30.3 Å². The van der Waals surface area contributed by atoms with E-state index in [0.29, 0.717) is 6.61 Å². The first kappa shape index (κ1) is 18.6. The van der Waals surface area contributed by atoms with Crippen LogP contribution in [0.3, 0.4) is 0 Å². The van der Waals surface area contributed by atoms with Crippen molar-refractivity contribution >= 4 is 5.97 Å². The van der Waals surface area contributed by atoms with E-state index in [-0.39, 0.29) is 5.97 Å². The molecule has 1 fully saturated rings. The Morgan fingerprint density at radius 1 is 1.31 bits per heavy atom. The number of imidazole rings is 1. The highest BCUT2D eigenvalue weighted by Crippen LogP contribution is 2.36. The lowest BCUT2D eigenvalue weighted by molar-refractivity contribution is -0.160. The zero-order valence-electron chi connectivity index (χ0n) is 15.9. The molecule has 1 aromatic heterocycles. The largest absolute Gasteiger partial charge is 0.466 e. The molecule has 1 atom stereocenters. The van der Waals surface area contributed by atoms with Gasteiger partial charge in [0, 0.05) is 26.0 Å². The first-order chi connectivity index (χ1) is 12.6. The molecule has 1 saturated heterocycles. The molecule has 1 aliphatic heterocycles. The van der Waals surface area contributed by atoms with Crippen LogP contribution in [-0.4, -0.2) is 40.1 Å². The average molecular weight is 355 g/mol. The van der Waals surface area contributed by atoms with Crippen LogP contribution in [0.25, 0.3) is 0 Å². The number of nitrogens with zero attached hydrogens (tertiary/aromatic N) is 3. The SMILES string of the molecule is CCOC(=O)[C@@]1(CCc2ccccc2)CCCN(Cc2nccn2C)C1. The summed E-state index contributed by atoms with van der Waals surface area (Å²) >= 11 is 0. The fourth-order valence-corrected chi connectivity index (χ4v) is 3.90. The molecule has 0 bridgehead atoms. The maximum atomic E-state index is 12.9. The third-order valence-corrected chi connectivity index (χ3v) is 5.39. The molecular weight excluding hydrogens is 326 g/mol. The number of likely N-dealkylation sites (tertiary alicyclic amines) is 1. The van der Waals surface area contributed by atoms with Crippen LogP contribution in [0, 0.1) is 5.41 Å². The van der Waals surface area contributed by atoms with E-state index in [0.717, 1.165) is 51.1 Å². The molecule has 1 aromatic carbocycles. The summed E-state index contributed by atoms with van der Waals surface area (Å²) in [6, 6.07) is 10.4. The molecule has 3 rings (SSSR count). The van der Waals surface area contributed by atoms with Crippen LogP contribution in [0.1, 0.15) is 37.6 Å². The molecule has 0 unspecified atom stereocenters. The van der Waals surface area contributed by atoms with E-state index in [4.69, 9.17) is 4.74 Å². The van der Waals surface area contributed by atoms with Crippen LogP contribution in [0.5, 0.6) is 0 Å². The molecule has 2 aromatic rings. The number of piperidine rings is 1. The second kappa shape index (κ2) is 8.49. The van der Waals surface area contributed by atoms with Crippen molar-refractivity contribution in [2.75, 3.05) is 19.7 Å². The van der Waals surface area contributed by atoms with Crippen LogP contribution in [0.15, 0.2) is 42.7 Å². The smallest absolute Gasteiger partial charge is 0.313 e. The summed E-state index contributed by atoms with van der Waals surface area (Å²) in [6.07, 6.45) is 7.43. The Balaban J connectivity index is 1.73. The van der Waals surface area contributed by atoms with Gasteiger partial charge in [0.05, 0.1) is 18.6 Å². The van der Waals surface area contributed by atoms with Gasteiger partial charge in [-0.15, -0.1) is 0 Å². The average Bonchev–Trinajstić information content (AvgIpc) is 3.06. The fraction of sp³-hybridized carbons (Fsp3) is 0.524. The Hall–Kier alpha value is -2.14. The lowest BCUT2D eigenvalue weighted by atomic mass is 9.75. The first-order valence-electron chi connectivity index (χ1n) is 9.53. The molecule has 0 saturated carbocycles. The predicted octanol–water partition coefficient (Wildman–Crippen LogP) is 3.20. The minimum Gasteiger partial charge on any atom is -0.466 e. The fourth-order valence-electron chi connectivity index (χ4n) is 3.90. The maximum absolute atomic E-state index is 12.9. The predicted molar refractivity (Wildman–Crippen MR) is 102 cm³/mol. The number of esters is 1. The van der Waals surface area contributed by atoms with E-state index in [2.05, 4.69) is 34.1 Å². The molecule has 0 aliphatic carbocycles. The highest BCUT2D eigenvalue weighted by molar-refractivity contribution is 5.77. The van der Waals surface area contributed by atoms with Crippen molar-refractivity contribution in [3.05, 3.63) is 54.1 Å². The molecule has 2 heterocycles. The number of benzene rings is 1. The summed E-state index contributed by atoms with van der Waals surface area (Å²) in [6.45, 7) is 4.84. The highest BCUT2D eigenvalue weighted by Gasteiger charge is 2.43. The van der Waals surface area contributed by atoms with Crippen LogP contribution < -0.4 is 0 Å². The monoisotopic (exact) mass is 355 g/mol. The molecular formula is C21H29N3O2. The van der Waals surface area contributed by atoms with Crippen molar-refractivity contribution in [1.29, 1.82) is 0 Å². The van der Waals surface area contributed by atoms with Crippen molar-refractivity contribution in [3.8, 4) is 0 Å². The van der Waals surface area contributed by atoms with Gasteiger partial charge in [-0.25, -0.2) is 4.98 Å². The quantitative estimate of drug-likeness (QED) is 0.716. The van der Waals surface area contributed by atoms with Gasteiger partial charge in [-0.05, 0) is 44.7 Å². The molecule has 1 aliphatic rings. The van der Waals surface area contributed by atoms with Crippen molar-refractivity contribution in [2.24, 2.45) is 12.5 Å². The number of hydrogen-bond donors (Lipinski definition) is 0. The van der Waals surface area contributed by atoms with E-state index < -0.39 is 5.41 Å². The summed E-state index contributed by atoms with van der Waals surface area (Å²) in [4.78, 5) is 19.7. The van der Waals surface area contributed by atoms with Gasteiger partial charge in [0.2, 0.25) is 0 Å². The Morgan fingerprint density at radius 2 is 2.12 bits per heavy atom. The van der Waals surface area contributed by atoms with E-state index in [1.165, 1.54) is 5.56 Å². The molecule has 5 nitrogen and oxygen atoms in total. The van der Waals surface area contributed by atoms with Gasteiger partial charge in [0.1, 0.15) is 5.82 Å². The number of aryl methyl sites for hydroxylation is 2. The molecule has 0 amide bonds. The summed E-state index contributed by atoms with van der Waals surface area (Å²) in [5.74, 6) is 0.994. The molecule has 140 valence electrons. The van der Waals surface area contributed by atoms with Crippen molar-refractivity contribution in [2.45, 2.75) is 39.2 Å². The van der Waals surface area contributed by atoms with Crippen LogP contribution in [0.4, 0.5) is 0 Å². The summed E-state index contributed by atoms with van der Waals surface area (Å²) in [5.41, 5.74) is 0.854. The molecule has 5 heteroatoms. The second-order valence-electron chi connectivity index (χ2n) is 7.25. The number of carbonyl (C=O) groups excluding carboxylic acids is 1. The van der Waals surface area contributed by atoms with Crippen molar-refractivity contribution in [3.63, 3.8) is 0 Å². The van der Waals surface area contributed by atoms with Gasteiger partial charge in [-0.2, -0.15) is 0 Å². The molecule has 0 radical (unpaired) electrons. The zero-order valence-corrected chi connectivity index (χ0v) is 15.9. The minimum atomic E-state index is -0.421. The van der Waals surface area contributed by atoms with Crippen molar-refractivity contribution < 1.29 is 9.53 Å². The Bertz CT molecular complexity index is 713. The molecule has 0 spiro atoms. The number of carbonyl (C=O) groups is 1. The van der Waals surface area contributed by atoms with Gasteiger partial charge >= 0.3 is 5.97 Å². The second-order valence-corrected chi connectivity index (χ2v) is 7.25. The Morgan fingerprint density at radius 3 is 2.81 bits per heavy atom. The maximum Gasteiger partial charge on any atom is 0.313 e. The van der Waals surface area contributed by atoms with E-state index >= 15 is 0 Å². The van der Waals surface area contributed by atoms with Crippen LogP contribution in [0.2, 0.25) is 0 Å². The Labute approximate surface area is 156 Å². The standard InChI is InChI=1S/C21H29N3O2/c1-3-26-20(25)21(12-10-18-8-5-4-6-9-18)11-7-14-24(17-21)16-19-22-13-15-23(19)2/h4-6,8-9,13,15H,3,7,10-12,14,16-17H2,1-2H3/t21-/m1/s1. The highest BCUT2D eigenvalue weighted by atomic mass is 16.5. The van der Waals surface area contributed by atoms with E-state index in [1.54, 1.807) is 0 Å². The van der Waals surface area contributed by atoms with Crippen LogP contribution >= 0.6 is 0 Å². The van der Waals surface area contributed by atoms with Gasteiger partial charge in [-0.3, -0.25) is 9.69 Å². The van der Waals surface area contributed by atoms with E-state index in [1.807, 2.05) is 37.0 Å². The summed E-state index contributed by atoms with van der Waals surface area (Å²) < 4.78 is 7.54. The third-order valence-electron chi connectivity index (χ3n) is 5.39. The minimum absolute atomic E-state index is 0.0412. The van der Waals surface area contributed by atoms with Gasteiger partial charge in [0.25, 0.3) is 0 Å². The summed E-state index contributed by atoms with van der Waals surface area (Å²) in [7, 11) is 2.01. The molecule has 26 heavy (non-hydrogen) atoms.